The average Bonchev–Trinajstić information content (AvgIpc) is 2.33. The van der Waals surface area contributed by atoms with Gasteiger partial charge in [0.1, 0.15) is 0 Å². The first-order valence-corrected chi connectivity index (χ1v) is 7.90. The molecule has 2 fully saturated rings. The summed E-state index contributed by atoms with van der Waals surface area (Å²) in [5.74, 6) is 0.783. The number of carboxylic acids is 1. The molecule has 1 saturated carbocycles. The highest BCUT2D eigenvalue weighted by molar-refractivity contribution is 5.75. The van der Waals surface area contributed by atoms with Crippen molar-refractivity contribution in [2.24, 2.45) is 17.3 Å². The molecule has 0 aromatic heterocycles. The maximum atomic E-state index is 11.8. The lowest BCUT2D eigenvalue weighted by Gasteiger charge is -2.44. The maximum Gasteiger partial charge on any atom is 0.310 e. The van der Waals surface area contributed by atoms with Crippen LogP contribution in [0.4, 0.5) is 0 Å². The van der Waals surface area contributed by atoms with E-state index in [0.29, 0.717) is 12.0 Å². The van der Waals surface area contributed by atoms with Gasteiger partial charge in [-0.25, -0.2) is 0 Å². The molecule has 1 N–H and O–H groups in total. The Morgan fingerprint density at radius 2 is 2.00 bits per heavy atom. The van der Waals surface area contributed by atoms with E-state index in [4.69, 9.17) is 0 Å². The average molecular weight is 267 g/mol. The van der Waals surface area contributed by atoms with Crippen LogP contribution in [0.5, 0.6) is 0 Å². The molecular weight excluding hydrogens is 238 g/mol. The minimum Gasteiger partial charge on any atom is -0.481 e. The van der Waals surface area contributed by atoms with Crippen molar-refractivity contribution in [3.8, 4) is 0 Å². The van der Waals surface area contributed by atoms with E-state index in [1.807, 2.05) is 0 Å². The number of aliphatic carboxylic acids is 1. The number of carboxylic acid groups (broad SMARTS) is 1. The Bertz CT molecular complexity index is 331. The van der Waals surface area contributed by atoms with Gasteiger partial charge in [-0.2, -0.15) is 0 Å². The van der Waals surface area contributed by atoms with Gasteiger partial charge in [-0.15, -0.1) is 0 Å². The molecule has 1 aliphatic carbocycles. The minimum absolute atomic E-state index is 0.480. The van der Waals surface area contributed by atoms with Crippen molar-refractivity contribution >= 4 is 5.97 Å². The van der Waals surface area contributed by atoms with Crippen molar-refractivity contribution < 1.29 is 9.90 Å². The first-order chi connectivity index (χ1) is 8.93. The smallest absolute Gasteiger partial charge is 0.310 e. The van der Waals surface area contributed by atoms with E-state index in [1.54, 1.807) is 0 Å². The number of piperidine rings is 1. The Hall–Kier alpha value is -0.570. The summed E-state index contributed by atoms with van der Waals surface area (Å²) in [6, 6.07) is 0.539. The van der Waals surface area contributed by atoms with Crippen molar-refractivity contribution in [1.29, 1.82) is 0 Å². The molecule has 0 aromatic rings. The van der Waals surface area contributed by atoms with E-state index in [9.17, 15) is 9.90 Å². The number of carbonyl (C=O) groups is 1. The molecule has 2 aliphatic rings. The predicted octanol–water partition coefficient (Wildman–Crippen LogP) is 3.39. The van der Waals surface area contributed by atoms with Crippen molar-refractivity contribution in [3.05, 3.63) is 0 Å². The highest BCUT2D eigenvalue weighted by Crippen LogP contribution is 2.41. The van der Waals surface area contributed by atoms with Gasteiger partial charge < -0.3 is 5.11 Å². The van der Waals surface area contributed by atoms with E-state index >= 15 is 0 Å². The van der Waals surface area contributed by atoms with Crippen molar-refractivity contribution in [2.45, 2.75) is 65.3 Å². The van der Waals surface area contributed by atoms with Crippen LogP contribution in [0.1, 0.15) is 59.3 Å². The maximum absolute atomic E-state index is 11.8. The molecule has 3 heteroatoms. The number of hydrogen-bond donors (Lipinski definition) is 1. The first-order valence-electron chi connectivity index (χ1n) is 7.90. The van der Waals surface area contributed by atoms with Gasteiger partial charge in [0.25, 0.3) is 0 Å². The topological polar surface area (TPSA) is 40.5 Å². The molecule has 19 heavy (non-hydrogen) atoms. The number of nitrogens with zero attached hydrogens (tertiary/aromatic N) is 1. The standard InChI is InChI=1S/C16H29NO2/c1-12-6-8-17(14(3)9-12)11-16(15(18)19)7-4-5-13(2)10-16/h12-14H,4-11H2,1-3H3,(H,18,19). The third-order valence-corrected chi connectivity index (χ3v) is 5.33. The second-order valence-electron chi connectivity index (χ2n) is 7.24. The van der Waals surface area contributed by atoms with Gasteiger partial charge in [0.05, 0.1) is 5.41 Å². The van der Waals surface area contributed by atoms with E-state index in [0.717, 1.165) is 38.3 Å². The lowest BCUT2D eigenvalue weighted by Crippen LogP contribution is -2.50. The van der Waals surface area contributed by atoms with Crippen LogP contribution < -0.4 is 0 Å². The van der Waals surface area contributed by atoms with E-state index in [2.05, 4.69) is 25.7 Å². The summed E-state index contributed by atoms with van der Waals surface area (Å²) < 4.78 is 0. The van der Waals surface area contributed by atoms with Crippen LogP contribution in [0.15, 0.2) is 0 Å². The molecule has 0 bridgehead atoms. The molecule has 0 amide bonds. The Kier molecular flexibility index (Phi) is 4.54. The first kappa shape index (κ1) is 14.8. The number of likely N-dealkylation sites (tertiary alicyclic amines) is 1. The van der Waals surface area contributed by atoms with Crippen LogP contribution in [0.2, 0.25) is 0 Å². The van der Waals surface area contributed by atoms with Crippen LogP contribution in [0, 0.1) is 17.3 Å². The zero-order chi connectivity index (χ0) is 14.0. The van der Waals surface area contributed by atoms with E-state index in [1.165, 1.54) is 19.3 Å². The summed E-state index contributed by atoms with van der Waals surface area (Å²) in [6.07, 6.45) is 6.43. The summed E-state index contributed by atoms with van der Waals surface area (Å²) in [5.41, 5.74) is -0.480. The van der Waals surface area contributed by atoms with Gasteiger partial charge in [-0.1, -0.05) is 26.7 Å². The second kappa shape index (κ2) is 5.82. The molecule has 2 rings (SSSR count). The molecule has 1 saturated heterocycles. The van der Waals surface area contributed by atoms with Crippen LogP contribution in [0.25, 0.3) is 0 Å². The summed E-state index contributed by atoms with van der Waals surface area (Å²) >= 11 is 0. The Balaban J connectivity index is 2.06. The molecule has 4 unspecified atom stereocenters. The van der Waals surface area contributed by atoms with Crippen molar-refractivity contribution in [3.63, 3.8) is 0 Å². The molecular formula is C16H29NO2. The lowest BCUT2D eigenvalue weighted by atomic mass is 9.69. The fourth-order valence-electron chi connectivity index (χ4n) is 4.15. The molecule has 110 valence electrons. The summed E-state index contributed by atoms with van der Waals surface area (Å²) in [5, 5.41) is 9.75. The van der Waals surface area contributed by atoms with E-state index < -0.39 is 11.4 Å². The third kappa shape index (κ3) is 3.31. The quantitative estimate of drug-likeness (QED) is 0.852. The van der Waals surface area contributed by atoms with Gasteiger partial charge in [-0.05, 0) is 51.0 Å². The molecule has 1 heterocycles. The number of rotatable bonds is 3. The second-order valence-corrected chi connectivity index (χ2v) is 7.24. The van der Waals surface area contributed by atoms with Crippen LogP contribution >= 0.6 is 0 Å². The van der Waals surface area contributed by atoms with Gasteiger partial charge in [0.15, 0.2) is 0 Å². The van der Waals surface area contributed by atoms with Gasteiger partial charge in [-0.3, -0.25) is 9.69 Å². The Labute approximate surface area is 117 Å². The lowest BCUT2D eigenvalue weighted by molar-refractivity contribution is -0.154. The van der Waals surface area contributed by atoms with Crippen LogP contribution in [-0.4, -0.2) is 35.1 Å². The zero-order valence-electron chi connectivity index (χ0n) is 12.7. The highest BCUT2D eigenvalue weighted by Gasteiger charge is 2.44. The monoisotopic (exact) mass is 267 g/mol. The van der Waals surface area contributed by atoms with Gasteiger partial charge in [0, 0.05) is 12.6 Å². The van der Waals surface area contributed by atoms with Gasteiger partial charge in [0.2, 0.25) is 0 Å². The molecule has 4 atom stereocenters. The minimum atomic E-state index is -0.565. The summed E-state index contributed by atoms with van der Waals surface area (Å²) in [7, 11) is 0. The SMILES string of the molecule is CC1CCN(CC2(C(=O)O)CCCC(C)C2)C(C)C1. The van der Waals surface area contributed by atoms with Crippen LogP contribution in [-0.2, 0) is 4.79 Å². The summed E-state index contributed by atoms with van der Waals surface area (Å²) in [6.45, 7) is 8.62. The Morgan fingerprint density at radius 3 is 2.58 bits per heavy atom. The van der Waals surface area contributed by atoms with Gasteiger partial charge >= 0.3 is 5.97 Å². The Morgan fingerprint density at radius 1 is 1.26 bits per heavy atom. The largest absolute Gasteiger partial charge is 0.481 e. The molecule has 0 radical (unpaired) electrons. The third-order valence-electron chi connectivity index (χ3n) is 5.33. The molecule has 0 aromatic carbocycles. The molecule has 0 spiro atoms. The molecule has 3 nitrogen and oxygen atoms in total. The van der Waals surface area contributed by atoms with Crippen molar-refractivity contribution in [1.82, 2.24) is 4.90 Å². The highest BCUT2D eigenvalue weighted by atomic mass is 16.4. The van der Waals surface area contributed by atoms with E-state index in [-0.39, 0.29) is 0 Å². The predicted molar refractivity (Wildman–Crippen MR) is 77.1 cm³/mol. The molecule has 1 aliphatic heterocycles. The van der Waals surface area contributed by atoms with Crippen LogP contribution in [0.3, 0.4) is 0 Å². The number of hydrogen-bond acceptors (Lipinski definition) is 2. The zero-order valence-corrected chi connectivity index (χ0v) is 12.7. The fraction of sp³-hybridized carbons (Fsp3) is 0.938. The fourth-order valence-corrected chi connectivity index (χ4v) is 4.15. The normalized spacial score (nSPS) is 41.1. The van der Waals surface area contributed by atoms with Crippen molar-refractivity contribution in [2.75, 3.05) is 13.1 Å². The summed E-state index contributed by atoms with van der Waals surface area (Å²) in [4.78, 5) is 14.3.